The van der Waals surface area contributed by atoms with Gasteiger partial charge in [-0.1, -0.05) is 0 Å². The molecule has 2 aromatic heterocycles. The molecule has 0 aliphatic heterocycles. The van der Waals surface area contributed by atoms with Crippen LogP contribution >= 0.6 is 15.9 Å². The molecule has 0 radical (unpaired) electrons. The first kappa shape index (κ1) is 10.3. The van der Waals surface area contributed by atoms with Gasteiger partial charge in [-0.05, 0) is 40.2 Å². The first-order valence-corrected chi connectivity index (χ1v) is 5.92. The molecule has 3 aromatic rings. The van der Waals surface area contributed by atoms with E-state index in [-0.39, 0.29) is 0 Å². The van der Waals surface area contributed by atoms with Gasteiger partial charge >= 0.3 is 0 Å². The minimum absolute atomic E-state index is 0.759. The van der Waals surface area contributed by atoms with Crippen LogP contribution in [0.25, 0.3) is 10.9 Å². The Morgan fingerprint density at radius 2 is 2.18 bits per heavy atom. The SMILES string of the molecule is Brc1cncnc1Nc1ccc2[nH]ccc2c1. The molecule has 84 valence electrons. The third kappa shape index (κ3) is 2.01. The number of anilines is 2. The molecule has 0 unspecified atom stereocenters. The van der Waals surface area contributed by atoms with Crippen LogP contribution in [0.5, 0.6) is 0 Å². The molecule has 17 heavy (non-hydrogen) atoms. The van der Waals surface area contributed by atoms with Crippen molar-refractivity contribution in [1.29, 1.82) is 0 Å². The summed E-state index contributed by atoms with van der Waals surface area (Å²) in [5.41, 5.74) is 2.12. The van der Waals surface area contributed by atoms with E-state index < -0.39 is 0 Å². The third-order valence-corrected chi connectivity index (χ3v) is 3.06. The predicted octanol–water partition coefficient (Wildman–Crippen LogP) is 3.46. The minimum atomic E-state index is 0.759. The Morgan fingerprint density at radius 1 is 1.24 bits per heavy atom. The summed E-state index contributed by atoms with van der Waals surface area (Å²) >= 11 is 3.40. The first-order chi connectivity index (χ1) is 8.33. The molecule has 0 bridgehead atoms. The number of benzene rings is 1. The van der Waals surface area contributed by atoms with Crippen LogP contribution < -0.4 is 5.32 Å². The number of aromatic nitrogens is 3. The first-order valence-electron chi connectivity index (χ1n) is 5.12. The summed E-state index contributed by atoms with van der Waals surface area (Å²) in [6.07, 6.45) is 5.15. The Bertz CT molecular complexity index is 662. The summed E-state index contributed by atoms with van der Waals surface area (Å²) in [6, 6.07) is 8.15. The van der Waals surface area contributed by atoms with Gasteiger partial charge in [0.1, 0.15) is 12.1 Å². The summed E-state index contributed by atoms with van der Waals surface area (Å²) in [5, 5.41) is 4.41. The van der Waals surface area contributed by atoms with E-state index in [1.807, 2.05) is 24.4 Å². The molecular formula is C12H9BrN4. The molecule has 0 saturated heterocycles. The van der Waals surface area contributed by atoms with Gasteiger partial charge < -0.3 is 10.3 Å². The van der Waals surface area contributed by atoms with Crippen molar-refractivity contribution in [3.8, 4) is 0 Å². The fourth-order valence-electron chi connectivity index (χ4n) is 1.67. The van der Waals surface area contributed by atoms with Gasteiger partial charge in [0.05, 0.1) is 4.47 Å². The van der Waals surface area contributed by atoms with Crippen LogP contribution in [0.2, 0.25) is 0 Å². The van der Waals surface area contributed by atoms with E-state index in [0.29, 0.717) is 0 Å². The van der Waals surface area contributed by atoms with Crippen LogP contribution in [0.3, 0.4) is 0 Å². The topological polar surface area (TPSA) is 53.6 Å². The van der Waals surface area contributed by atoms with Crippen molar-refractivity contribution in [2.75, 3.05) is 5.32 Å². The Kier molecular flexibility index (Phi) is 2.53. The number of aromatic amines is 1. The van der Waals surface area contributed by atoms with Gasteiger partial charge in [0, 0.05) is 29.0 Å². The van der Waals surface area contributed by atoms with Gasteiger partial charge in [-0.15, -0.1) is 0 Å². The maximum absolute atomic E-state index is 4.16. The van der Waals surface area contributed by atoms with Gasteiger partial charge in [-0.25, -0.2) is 9.97 Å². The van der Waals surface area contributed by atoms with Crippen LogP contribution in [-0.2, 0) is 0 Å². The quantitative estimate of drug-likeness (QED) is 0.759. The fourth-order valence-corrected chi connectivity index (χ4v) is 1.99. The average Bonchev–Trinajstić information content (AvgIpc) is 2.79. The lowest BCUT2D eigenvalue weighted by molar-refractivity contribution is 1.15. The molecule has 0 aliphatic rings. The fraction of sp³-hybridized carbons (Fsp3) is 0. The van der Waals surface area contributed by atoms with E-state index in [1.165, 1.54) is 11.7 Å². The average molecular weight is 289 g/mol. The highest BCUT2D eigenvalue weighted by Crippen LogP contribution is 2.24. The van der Waals surface area contributed by atoms with Gasteiger partial charge in [0.2, 0.25) is 0 Å². The number of nitrogens with zero attached hydrogens (tertiary/aromatic N) is 2. The molecule has 2 heterocycles. The normalized spacial score (nSPS) is 10.6. The van der Waals surface area contributed by atoms with E-state index in [2.05, 4.69) is 42.3 Å². The number of halogens is 1. The molecule has 0 amide bonds. The summed E-state index contributed by atoms with van der Waals surface area (Å²) in [7, 11) is 0. The van der Waals surface area contributed by atoms with Gasteiger partial charge in [-0.2, -0.15) is 0 Å². The number of H-pyrrole nitrogens is 1. The van der Waals surface area contributed by atoms with E-state index in [9.17, 15) is 0 Å². The van der Waals surface area contributed by atoms with E-state index in [4.69, 9.17) is 0 Å². The Hall–Kier alpha value is -1.88. The molecule has 0 aliphatic carbocycles. The molecule has 1 aromatic carbocycles. The predicted molar refractivity (Wildman–Crippen MR) is 71.3 cm³/mol. The van der Waals surface area contributed by atoms with Gasteiger partial charge in [-0.3, -0.25) is 0 Å². The zero-order chi connectivity index (χ0) is 11.7. The van der Waals surface area contributed by atoms with Gasteiger partial charge in [0.25, 0.3) is 0 Å². The van der Waals surface area contributed by atoms with Crippen LogP contribution in [0.1, 0.15) is 0 Å². The summed E-state index contributed by atoms with van der Waals surface area (Å²) in [5.74, 6) is 0.759. The van der Waals surface area contributed by atoms with E-state index >= 15 is 0 Å². The molecule has 4 nitrogen and oxygen atoms in total. The second-order valence-corrected chi connectivity index (χ2v) is 4.48. The van der Waals surface area contributed by atoms with Crippen molar-refractivity contribution in [1.82, 2.24) is 15.0 Å². The standard InChI is InChI=1S/C12H9BrN4/c13-10-6-14-7-16-12(10)17-9-1-2-11-8(5-9)3-4-15-11/h1-7,15H,(H,14,16,17). The Balaban J connectivity index is 1.97. The highest BCUT2D eigenvalue weighted by molar-refractivity contribution is 9.10. The summed E-state index contributed by atoms with van der Waals surface area (Å²) in [6.45, 7) is 0. The lowest BCUT2D eigenvalue weighted by atomic mass is 10.2. The highest BCUT2D eigenvalue weighted by atomic mass is 79.9. The van der Waals surface area contributed by atoms with Crippen molar-refractivity contribution in [3.63, 3.8) is 0 Å². The van der Waals surface area contributed by atoms with Crippen LogP contribution in [0, 0.1) is 0 Å². The van der Waals surface area contributed by atoms with Gasteiger partial charge in [0.15, 0.2) is 0 Å². The second kappa shape index (κ2) is 4.18. The monoisotopic (exact) mass is 288 g/mol. The second-order valence-electron chi connectivity index (χ2n) is 3.62. The Morgan fingerprint density at radius 3 is 3.06 bits per heavy atom. The molecule has 0 fully saturated rings. The number of nitrogens with one attached hydrogen (secondary N) is 2. The van der Waals surface area contributed by atoms with Crippen molar-refractivity contribution in [3.05, 3.63) is 47.5 Å². The van der Waals surface area contributed by atoms with Crippen molar-refractivity contribution < 1.29 is 0 Å². The molecule has 0 atom stereocenters. The number of hydrogen-bond donors (Lipinski definition) is 2. The molecule has 3 rings (SSSR count). The summed E-state index contributed by atoms with van der Waals surface area (Å²) < 4.78 is 0.842. The van der Waals surface area contributed by atoms with Crippen LogP contribution in [0.15, 0.2) is 47.5 Å². The highest BCUT2D eigenvalue weighted by Gasteiger charge is 2.02. The largest absolute Gasteiger partial charge is 0.361 e. The van der Waals surface area contributed by atoms with Crippen molar-refractivity contribution in [2.24, 2.45) is 0 Å². The maximum Gasteiger partial charge on any atom is 0.148 e. The maximum atomic E-state index is 4.16. The molecule has 0 saturated carbocycles. The number of fused-ring (bicyclic) bond motifs is 1. The van der Waals surface area contributed by atoms with Crippen molar-refractivity contribution in [2.45, 2.75) is 0 Å². The minimum Gasteiger partial charge on any atom is -0.361 e. The lowest BCUT2D eigenvalue weighted by Gasteiger charge is -2.06. The van der Waals surface area contributed by atoms with E-state index in [1.54, 1.807) is 6.20 Å². The molecule has 0 spiro atoms. The number of hydrogen-bond acceptors (Lipinski definition) is 3. The molecule has 2 N–H and O–H groups in total. The Labute approximate surface area is 106 Å². The number of rotatable bonds is 2. The molecule has 5 heteroatoms. The van der Waals surface area contributed by atoms with Crippen LogP contribution in [-0.4, -0.2) is 15.0 Å². The zero-order valence-corrected chi connectivity index (χ0v) is 10.4. The zero-order valence-electron chi connectivity index (χ0n) is 8.81. The van der Waals surface area contributed by atoms with Crippen molar-refractivity contribution >= 4 is 38.3 Å². The lowest BCUT2D eigenvalue weighted by Crippen LogP contribution is -1.94. The summed E-state index contributed by atoms with van der Waals surface area (Å²) in [4.78, 5) is 11.2. The van der Waals surface area contributed by atoms with Crippen LogP contribution in [0.4, 0.5) is 11.5 Å². The smallest absolute Gasteiger partial charge is 0.148 e. The molecular weight excluding hydrogens is 280 g/mol. The van der Waals surface area contributed by atoms with E-state index in [0.717, 1.165) is 21.5 Å². The third-order valence-electron chi connectivity index (χ3n) is 2.48.